The molecule has 0 unspecified atom stereocenters. The normalized spacial score (nSPS) is 15.8. The summed E-state index contributed by atoms with van der Waals surface area (Å²) in [4.78, 5) is 53.7. The van der Waals surface area contributed by atoms with Crippen molar-refractivity contribution in [1.82, 2.24) is 0 Å². The fourth-order valence-electron chi connectivity index (χ4n) is 5.31. The summed E-state index contributed by atoms with van der Waals surface area (Å²) in [5.74, 6) is -0.0998. The Morgan fingerprint density at radius 3 is 1.92 bits per heavy atom. The van der Waals surface area contributed by atoms with Gasteiger partial charge in [0.15, 0.2) is 5.78 Å². The van der Waals surface area contributed by atoms with Gasteiger partial charge in [-0.3, -0.25) is 19.2 Å². The van der Waals surface area contributed by atoms with Crippen molar-refractivity contribution in [3.63, 3.8) is 0 Å². The first kappa shape index (κ1) is 34.4. The number of carbonyl (C=O) groups excluding carboxylic acids is 4. The number of nitrogens with zero attached hydrogens (tertiary/aromatic N) is 1. The van der Waals surface area contributed by atoms with Crippen molar-refractivity contribution in [1.29, 1.82) is 0 Å². The molecule has 0 spiro atoms. The number of anilines is 1. The molecule has 1 fully saturated rings. The highest BCUT2D eigenvalue weighted by atomic mass is 35.5. The van der Waals surface area contributed by atoms with Crippen LogP contribution in [0.3, 0.4) is 0 Å². The quantitative estimate of drug-likeness (QED) is 0.0678. The largest absolute Gasteiger partial charge is 0.497 e. The van der Waals surface area contributed by atoms with E-state index in [4.69, 9.17) is 30.5 Å². The van der Waals surface area contributed by atoms with Crippen molar-refractivity contribution in [2.45, 2.75) is 25.7 Å². The highest BCUT2D eigenvalue weighted by Gasteiger charge is 2.32. The number of ketones is 1. The van der Waals surface area contributed by atoms with Gasteiger partial charge < -0.3 is 23.8 Å². The molecule has 0 atom stereocenters. The monoisotopic (exact) mass is 687 g/mol. The zero-order valence-corrected chi connectivity index (χ0v) is 28.2. The van der Waals surface area contributed by atoms with Crippen molar-refractivity contribution >= 4 is 58.3 Å². The van der Waals surface area contributed by atoms with Crippen LogP contribution in [-0.4, -0.2) is 44.9 Å². The summed E-state index contributed by atoms with van der Waals surface area (Å²) in [6.07, 6.45) is 4.84. The van der Waals surface area contributed by atoms with E-state index in [2.05, 4.69) is 0 Å². The SMILES string of the molecule is COc1ccc(N(C)C(=O)c2ccc(OC(=O)C3CCC(C(=O)Oc4ccc(OC)cc4/C=C/C(=O)c4ccc(Cl)s4)CC3)cc2)cc1. The van der Waals surface area contributed by atoms with E-state index in [0.29, 0.717) is 74.7 Å². The van der Waals surface area contributed by atoms with Gasteiger partial charge in [-0.2, -0.15) is 0 Å². The Morgan fingerprint density at radius 1 is 0.750 bits per heavy atom. The molecule has 48 heavy (non-hydrogen) atoms. The maximum absolute atomic E-state index is 13.1. The number of allylic oxidation sites excluding steroid dienone is 1. The van der Waals surface area contributed by atoms with Gasteiger partial charge in [0.25, 0.3) is 5.91 Å². The van der Waals surface area contributed by atoms with Gasteiger partial charge in [0, 0.05) is 23.9 Å². The van der Waals surface area contributed by atoms with E-state index >= 15 is 0 Å². The molecular weight excluding hydrogens is 654 g/mol. The van der Waals surface area contributed by atoms with Gasteiger partial charge in [-0.15, -0.1) is 11.3 Å². The zero-order chi connectivity index (χ0) is 34.2. The topological polar surface area (TPSA) is 108 Å². The summed E-state index contributed by atoms with van der Waals surface area (Å²) in [5, 5.41) is 0. The first-order chi connectivity index (χ1) is 23.1. The molecule has 1 saturated carbocycles. The van der Waals surface area contributed by atoms with E-state index in [-0.39, 0.29) is 23.6 Å². The zero-order valence-electron chi connectivity index (χ0n) is 26.6. The Bertz CT molecular complexity index is 1810. The maximum Gasteiger partial charge on any atom is 0.314 e. The lowest BCUT2D eigenvalue weighted by Crippen LogP contribution is -2.30. The average Bonchev–Trinajstić information content (AvgIpc) is 3.57. The molecule has 5 rings (SSSR count). The number of benzene rings is 3. The van der Waals surface area contributed by atoms with Crippen molar-refractivity contribution in [3.05, 3.63) is 105 Å². The number of ether oxygens (including phenoxy) is 4. The van der Waals surface area contributed by atoms with Crippen LogP contribution in [-0.2, 0) is 9.59 Å². The first-order valence-electron chi connectivity index (χ1n) is 15.3. The molecule has 3 aromatic carbocycles. The maximum atomic E-state index is 13.1. The Labute approximate surface area is 287 Å². The van der Waals surface area contributed by atoms with Crippen LogP contribution in [0, 0.1) is 11.8 Å². The summed E-state index contributed by atoms with van der Waals surface area (Å²) in [6.45, 7) is 0. The first-order valence-corrected chi connectivity index (χ1v) is 16.5. The highest BCUT2D eigenvalue weighted by Crippen LogP contribution is 2.33. The lowest BCUT2D eigenvalue weighted by molar-refractivity contribution is -0.145. The second kappa shape index (κ2) is 15.8. The molecule has 1 aromatic heterocycles. The van der Waals surface area contributed by atoms with Crippen molar-refractivity contribution < 1.29 is 38.1 Å². The molecular formula is C37H34ClNO8S. The standard InChI is InChI=1S/C37H34ClNO8S/c1-39(27-11-15-28(44-2)16-12-27)35(41)23-8-13-29(14-9-23)46-36(42)24-4-6-25(7-5-24)37(43)47-32-19-17-30(45-3)22-26(32)10-18-31(40)33-20-21-34(38)48-33/h8-22,24-25H,4-7H2,1-3H3/b18-10+. The number of esters is 2. The Kier molecular flexibility index (Phi) is 11.3. The lowest BCUT2D eigenvalue weighted by atomic mass is 9.82. The summed E-state index contributed by atoms with van der Waals surface area (Å²) in [6, 6.07) is 21.9. The summed E-state index contributed by atoms with van der Waals surface area (Å²) >= 11 is 7.14. The van der Waals surface area contributed by atoms with E-state index in [1.165, 1.54) is 29.4 Å². The van der Waals surface area contributed by atoms with Gasteiger partial charge in [-0.05, 0) is 117 Å². The van der Waals surface area contributed by atoms with E-state index in [1.54, 1.807) is 99.1 Å². The van der Waals surface area contributed by atoms with E-state index in [0.717, 1.165) is 0 Å². The van der Waals surface area contributed by atoms with Crippen LogP contribution in [0.5, 0.6) is 23.0 Å². The Hall–Kier alpha value is -4.93. The highest BCUT2D eigenvalue weighted by molar-refractivity contribution is 7.18. The van der Waals surface area contributed by atoms with Crippen LogP contribution in [0.25, 0.3) is 6.08 Å². The number of rotatable bonds is 11. The van der Waals surface area contributed by atoms with Crippen LogP contribution in [0.15, 0.2) is 84.9 Å². The molecule has 1 heterocycles. The average molecular weight is 688 g/mol. The molecule has 11 heteroatoms. The third kappa shape index (κ3) is 8.50. The summed E-state index contributed by atoms with van der Waals surface area (Å²) in [7, 11) is 4.79. The van der Waals surface area contributed by atoms with Gasteiger partial charge in [0.2, 0.25) is 0 Å². The fraction of sp³-hybridized carbons (Fsp3) is 0.243. The molecule has 4 aromatic rings. The minimum Gasteiger partial charge on any atom is -0.497 e. The number of hydrogen-bond donors (Lipinski definition) is 0. The van der Waals surface area contributed by atoms with Crippen molar-refractivity contribution in [2.75, 3.05) is 26.2 Å². The number of thiophene rings is 1. The van der Waals surface area contributed by atoms with Crippen LogP contribution < -0.4 is 23.8 Å². The number of carbonyl (C=O) groups is 4. The van der Waals surface area contributed by atoms with Crippen LogP contribution in [0.1, 0.15) is 51.3 Å². The number of methoxy groups -OCH3 is 2. The van der Waals surface area contributed by atoms with E-state index in [9.17, 15) is 19.2 Å². The Morgan fingerprint density at radius 2 is 1.33 bits per heavy atom. The molecule has 0 aliphatic heterocycles. The molecule has 0 bridgehead atoms. The predicted molar refractivity (Wildman–Crippen MR) is 185 cm³/mol. The van der Waals surface area contributed by atoms with E-state index in [1.807, 2.05) is 0 Å². The van der Waals surface area contributed by atoms with Crippen LogP contribution >= 0.6 is 22.9 Å². The van der Waals surface area contributed by atoms with Crippen molar-refractivity contribution in [2.24, 2.45) is 11.8 Å². The molecule has 0 N–H and O–H groups in total. The third-order valence-electron chi connectivity index (χ3n) is 8.14. The molecule has 1 amide bonds. The van der Waals surface area contributed by atoms with Gasteiger partial charge >= 0.3 is 11.9 Å². The lowest BCUT2D eigenvalue weighted by Gasteiger charge is -2.26. The van der Waals surface area contributed by atoms with Gasteiger partial charge in [-0.25, -0.2) is 0 Å². The summed E-state index contributed by atoms with van der Waals surface area (Å²) in [5.41, 5.74) is 1.67. The minimum atomic E-state index is -0.405. The number of amides is 1. The molecule has 248 valence electrons. The Balaban J connectivity index is 1.13. The van der Waals surface area contributed by atoms with Crippen LogP contribution in [0.4, 0.5) is 5.69 Å². The number of hydrogen-bond acceptors (Lipinski definition) is 9. The van der Waals surface area contributed by atoms with Crippen molar-refractivity contribution in [3.8, 4) is 23.0 Å². The molecule has 0 radical (unpaired) electrons. The fourth-order valence-corrected chi connectivity index (χ4v) is 6.27. The van der Waals surface area contributed by atoms with Gasteiger partial charge in [-0.1, -0.05) is 11.6 Å². The second-order valence-corrected chi connectivity index (χ2v) is 12.9. The second-order valence-electron chi connectivity index (χ2n) is 11.2. The van der Waals surface area contributed by atoms with Crippen LogP contribution in [0.2, 0.25) is 4.34 Å². The molecule has 0 saturated heterocycles. The predicted octanol–water partition coefficient (Wildman–Crippen LogP) is 7.91. The summed E-state index contributed by atoms with van der Waals surface area (Å²) < 4.78 is 22.4. The minimum absolute atomic E-state index is 0.210. The smallest absolute Gasteiger partial charge is 0.314 e. The van der Waals surface area contributed by atoms with Gasteiger partial charge in [0.05, 0.1) is 35.3 Å². The third-order valence-corrected chi connectivity index (χ3v) is 9.38. The van der Waals surface area contributed by atoms with Gasteiger partial charge in [0.1, 0.15) is 23.0 Å². The molecule has 1 aliphatic carbocycles. The molecule has 1 aliphatic rings. The molecule has 9 nitrogen and oxygen atoms in total. The number of halogens is 1. The van der Waals surface area contributed by atoms with E-state index < -0.39 is 11.9 Å².